The number of hydrogen-bond acceptors (Lipinski definition) is 2. The number of methoxy groups -OCH3 is 1. The van der Waals surface area contributed by atoms with E-state index in [1.807, 2.05) is 6.07 Å². The fourth-order valence-corrected chi connectivity index (χ4v) is 3.23. The maximum Gasteiger partial charge on any atom is 0.119 e. The molecule has 0 heterocycles. The van der Waals surface area contributed by atoms with Crippen molar-refractivity contribution in [3.63, 3.8) is 0 Å². The Morgan fingerprint density at radius 1 is 1.24 bits per heavy atom. The summed E-state index contributed by atoms with van der Waals surface area (Å²) in [6, 6.07) is 6.27. The van der Waals surface area contributed by atoms with Crippen LogP contribution in [0.4, 0.5) is 0 Å². The first kappa shape index (κ1) is 16.8. The molecular formula is C18H28BrNO. The summed E-state index contributed by atoms with van der Waals surface area (Å²) >= 11 is 3.70. The first-order valence-electron chi connectivity index (χ1n) is 7.81. The van der Waals surface area contributed by atoms with Crippen LogP contribution in [0.1, 0.15) is 46.1 Å². The molecule has 2 nitrogen and oxygen atoms in total. The fourth-order valence-electron chi connectivity index (χ4n) is 2.85. The summed E-state index contributed by atoms with van der Waals surface area (Å²) in [7, 11) is 1.73. The van der Waals surface area contributed by atoms with Gasteiger partial charge in [0.1, 0.15) is 5.75 Å². The van der Waals surface area contributed by atoms with Gasteiger partial charge in [-0.3, -0.25) is 0 Å². The summed E-state index contributed by atoms with van der Waals surface area (Å²) in [5.41, 5.74) is 1.82. The molecule has 0 spiro atoms. The van der Waals surface area contributed by atoms with Crippen molar-refractivity contribution in [2.24, 2.45) is 11.3 Å². The lowest BCUT2D eigenvalue weighted by Crippen LogP contribution is -2.44. The zero-order valence-electron chi connectivity index (χ0n) is 13.9. The second kappa shape index (κ2) is 6.29. The van der Waals surface area contributed by atoms with Crippen molar-refractivity contribution in [3.05, 3.63) is 28.2 Å². The molecule has 0 bridgehead atoms. The number of rotatable bonds is 6. The Morgan fingerprint density at radius 2 is 1.90 bits per heavy atom. The normalized spacial score (nSPS) is 18.4. The van der Waals surface area contributed by atoms with Crippen molar-refractivity contribution in [1.29, 1.82) is 0 Å². The molecule has 0 saturated heterocycles. The molecular weight excluding hydrogens is 326 g/mol. The van der Waals surface area contributed by atoms with E-state index in [-0.39, 0.29) is 5.54 Å². The van der Waals surface area contributed by atoms with Crippen molar-refractivity contribution in [1.82, 2.24) is 5.32 Å². The molecule has 0 radical (unpaired) electrons. The monoisotopic (exact) mass is 353 g/mol. The van der Waals surface area contributed by atoms with E-state index in [2.05, 4.69) is 61.1 Å². The predicted molar refractivity (Wildman–Crippen MR) is 93.0 cm³/mol. The van der Waals surface area contributed by atoms with Crippen LogP contribution in [0.3, 0.4) is 0 Å². The summed E-state index contributed by atoms with van der Waals surface area (Å²) in [6.07, 6.45) is 3.81. The second-order valence-electron chi connectivity index (χ2n) is 7.67. The van der Waals surface area contributed by atoms with E-state index in [4.69, 9.17) is 4.74 Å². The van der Waals surface area contributed by atoms with Crippen molar-refractivity contribution < 1.29 is 4.74 Å². The smallest absolute Gasteiger partial charge is 0.119 e. The minimum atomic E-state index is 0.168. The molecule has 1 aromatic rings. The SMILES string of the molecule is COc1ccc(Br)c(CC(C)(CNC(C)(C)C)C2CC2)c1. The Labute approximate surface area is 137 Å². The number of benzene rings is 1. The van der Waals surface area contributed by atoms with E-state index in [0.29, 0.717) is 5.41 Å². The molecule has 1 saturated carbocycles. The highest BCUT2D eigenvalue weighted by Gasteiger charge is 2.42. The van der Waals surface area contributed by atoms with Crippen molar-refractivity contribution in [3.8, 4) is 5.75 Å². The number of ether oxygens (including phenoxy) is 1. The summed E-state index contributed by atoms with van der Waals surface area (Å²) in [6.45, 7) is 10.2. The molecule has 118 valence electrons. The molecule has 2 rings (SSSR count). The molecule has 1 fully saturated rings. The summed E-state index contributed by atoms with van der Waals surface area (Å²) < 4.78 is 6.56. The van der Waals surface area contributed by atoms with Gasteiger partial charge in [0.15, 0.2) is 0 Å². The van der Waals surface area contributed by atoms with Gasteiger partial charge in [0.05, 0.1) is 7.11 Å². The lowest BCUT2D eigenvalue weighted by molar-refractivity contribution is 0.227. The number of nitrogens with one attached hydrogen (secondary N) is 1. The third kappa shape index (κ3) is 4.72. The quantitative estimate of drug-likeness (QED) is 0.792. The molecule has 0 amide bonds. The van der Waals surface area contributed by atoms with Gasteiger partial charge in [-0.1, -0.05) is 22.9 Å². The van der Waals surface area contributed by atoms with E-state index in [1.54, 1.807) is 7.11 Å². The minimum Gasteiger partial charge on any atom is -0.497 e. The Hall–Kier alpha value is -0.540. The lowest BCUT2D eigenvalue weighted by Gasteiger charge is -2.34. The van der Waals surface area contributed by atoms with E-state index < -0.39 is 0 Å². The van der Waals surface area contributed by atoms with Crippen LogP contribution in [0, 0.1) is 11.3 Å². The van der Waals surface area contributed by atoms with Gasteiger partial charge in [-0.05, 0) is 75.1 Å². The van der Waals surface area contributed by atoms with Crippen molar-refractivity contribution >= 4 is 15.9 Å². The van der Waals surface area contributed by atoms with Gasteiger partial charge in [-0.25, -0.2) is 0 Å². The summed E-state index contributed by atoms with van der Waals surface area (Å²) in [5.74, 6) is 1.78. The van der Waals surface area contributed by atoms with Crippen LogP contribution in [0.5, 0.6) is 5.75 Å². The minimum absolute atomic E-state index is 0.168. The van der Waals surface area contributed by atoms with E-state index in [0.717, 1.165) is 24.6 Å². The molecule has 21 heavy (non-hydrogen) atoms. The third-order valence-electron chi connectivity index (χ3n) is 4.43. The van der Waals surface area contributed by atoms with Gasteiger partial charge in [0, 0.05) is 16.6 Å². The summed E-state index contributed by atoms with van der Waals surface area (Å²) in [4.78, 5) is 0. The van der Waals surface area contributed by atoms with E-state index in [9.17, 15) is 0 Å². The first-order valence-corrected chi connectivity index (χ1v) is 8.60. The lowest BCUT2D eigenvalue weighted by atomic mass is 9.78. The van der Waals surface area contributed by atoms with Gasteiger partial charge in [-0.15, -0.1) is 0 Å². The van der Waals surface area contributed by atoms with Crippen LogP contribution in [-0.2, 0) is 6.42 Å². The molecule has 0 aromatic heterocycles. The Bertz CT molecular complexity index is 490. The standard InChI is InChI=1S/C18H28BrNO/c1-17(2,3)20-12-18(4,14-6-7-14)11-13-10-15(21-5)8-9-16(13)19/h8-10,14,20H,6-7,11-12H2,1-5H3. The van der Waals surface area contributed by atoms with Crippen LogP contribution < -0.4 is 10.1 Å². The van der Waals surface area contributed by atoms with Crippen LogP contribution >= 0.6 is 15.9 Å². The van der Waals surface area contributed by atoms with Crippen molar-refractivity contribution in [2.45, 2.75) is 52.5 Å². The van der Waals surface area contributed by atoms with Gasteiger partial charge < -0.3 is 10.1 Å². The molecule has 1 aromatic carbocycles. The highest BCUT2D eigenvalue weighted by molar-refractivity contribution is 9.10. The fraction of sp³-hybridized carbons (Fsp3) is 0.667. The maximum absolute atomic E-state index is 5.38. The van der Waals surface area contributed by atoms with Gasteiger partial charge in [0.25, 0.3) is 0 Å². The average Bonchev–Trinajstić information content (AvgIpc) is 3.23. The Morgan fingerprint density at radius 3 is 2.43 bits per heavy atom. The van der Waals surface area contributed by atoms with Gasteiger partial charge in [-0.2, -0.15) is 0 Å². The largest absolute Gasteiger partial charge is 0.497 e. The van der Waals surface area contributed by atoms with Gasteiger partial charge >= 0.3 is 0 Å². The van der Waals surface area contributed by atoms with Crippen molar-refractivity contribution in [2.75, 3.05) is 13.7 Å². The first-order chi connectivity index (χ1) is 9.73. The molecule has 1 atom stereocenters. The van der Waals surface area contributed by atoms with Gasteiger partial charge in [0.2, 0.25) is 0 Å². The number of hydrogen-bond donors (Lipinski definition) is 1. The zero-order chi connectivity index (χ0) is 15.7. The zero-order valence-corrected chi connectivity index (χ0v) is 15.5. The van der Waals surface area contributed by atoms with E-state index in [1.165, 1.54) is 22.9 Å². The second-order valence-corrected chi connectivity index (χ2v) is 8.52. The van der Waals surface area contributed by atoms with E-state index >= 15 is 0 Å². The topological polar surface area (TPSA) is 21.3 Å². The molecule has 1 aliphatic rings. The highest BCUT2D eigenvalue weighted by atomic mass is 79.9. The molecule has 3 heteroatoms. The van der Waals surface area contributed by atoms with Crippen LogP contribution in [-0.4, -0.2) is 19.2 Å². The highest BCUT2D eigenvalue weighted by Crippen LogP contribution is 2.48. The molecule has 1 N–H and O–H groups in total. The number of halogens is 1. The Kier molecular flexibility index (Phi) is 5.04. The molecule has 1 unspecified atom stereocenters. The van der Waals surface area contributed by atoms with Crippen LogP contribution in [0.2, 0.25) is 0 Å². The third-order valence-corrected chi connectivity index (χ3v) is 5.21. The van der Waals surface area contributed by atoms with Crippen LogP contribution in [0.15, 0.2) is 22.7 Å². The summed E-state index contributed by atoms with van der Waals surface area (Å²) in [5, 5.41) is 3.71. The average molecular weight is 354 g/mol. The predicted octanol–water partition coefficient (Wildman–Crippen LogP) is 4.80. The Balaban J connectivity index is 2.16. The molecule has 0 aliphatic heterocycles. The maximum atomic E-state index is 5.38. The molecule has 1 aliphatic carbocycles. The van der Waals surface area contributed by atoms with Crippen LogP contribution in [0.25, 0.3) is 0 Å².